The summed E-state index contributed by atoms with van der Waals surface area (Å²) in [4.78, 5) is 3.70. The van der Waals surface area contributed by atoms with Crippen LogP contribution in [0.5, 0.6) is 0 Å². The summed E-state index contributed by atoms with van der Waals surface area (Å²) in [5.41, 5.74) is 1.28. The SMILES string of the molecule is C[C](C)(C)[Zr+2]([C]1=CC=CC1)[c]1cc2ccccc2[nH]1.[Cl-].[Cl-]. The van der Waals surface area contributed by atoms with Crippen molar-refractivity contribution in [2.75, 3.05) is 0 Å². The van der Waals surface area contributed by atoms with E-state index in [0.717, 1.165) is 0 Å². The van der Waals surface area contributed by atoms with E-state index in [9.17, 15) is 0 Å². The molecule has 0 fully saturated rings. The van der Waals surface area contributed by atoms with E-state index in [-0.39, 0.29) is 24.8 Å². The van der Waals surface area contributed by atoms with Crippen LogP contribution in [0.15, 0.2) is 51.8 Å². The minimum Gasteiger partial charge on any atom is -1.00 e. The Morgan fingerprint density at radius 3 is 2.38 bits per heavy atom. The van der Waals surface area contributed by atoms with Crippen molar-refractivity contribution in [3.63, 3.8) is 0 Å². The predicted octanol–water partition coefficient (Wildman–Crippen LogP) is -1.52. The molecule has 0 radical (unpaired) electrons. The molecule has 1 aromatic heterocycles. The van der Waals surface area contributed by atoms with E-state index in [4.69, 9.17) is 0 Å². The van der Waals surface area contributed by atoms with E-state index >= 15 is 0 Å². The molecule has 111 valence electrons. The van der Waals surface area contributed by atoms with Gasteiger partial charge < -0.3 is 24.8 Å². The Morgan fingerprint density at radius 2 is 1.81 bits per heavy atom. The van der Waals surface area contributed by atoms with Crippen molar-refractivity contribution in [2.45, 2.75) is 30.3 Å². The number of hydrogen-bond acceptors (Lipinski definition) is 0. The molecule has 1 heterocycles. The Labute approximate surface area is 147 Å². The summed E-state index contributed by atoms with van der Waals surface area (Å²) in [5.74, 6) is 0. The second-order valence-electron chi connectivity index (χ2n) is 6.22. The average molecular weight is 400 g/mol. The summed E-state index contributed by atoms with van der Waals surface area (Å²) in [6.45, 7) is 7.23. The summed E-state index contributed by atoms with van der Waals surface area (Å²) in [6.07, 6.45) is 8.06. The molecule has 0 amide bonds. The molecule has 1 N–H and O–H groups in total. The maximum Gasteiger partial charge on any atom is -1.00 e. The number of aromatic nitrogens is 1. The van der Waals surface area contributed by atoms with Gasteiger partial charge in [0.2, 0.25) is 0 Å². The molecule has 1 nitrogen and oxygen atoms in total. The molecule has 0 atom stereocenters. The Hall–Kier alpha value is -0.297. The Morgan fingerprint density at radius 1 is 1.10 bits per heavy atom. The van der Waals surface area contributed by atoms with Gasteiger partial charge in [0.25, 0.3) is 0 Å². The zero-order valence-corrected chi connectivity index (χ0v) is 16.6. The van der Waals surface area contributed by atoms with Crippen LogP contribution in [0.25, 0.3) is 10.9 Å². The molecule has 0 saturated carbocycles. The van der Waals surface area contributed by atoms with E-state index in [1.165, 1.54) is 20.7 Å². The van der Waals surface area contributed by atoms with Gasteiger partial charge in [-0.1, -0.05) is 0 Å². The third-order valence-electron chi connectivity index (χ3n) is 3.64. The van der Waals surface area contributed by atoms with Crippen LogP contribution in [-0.2, 0) is 21.8 Å². The zero-order valence-electron chi connectivity index (χ0n) is 12.6. The molecule has 0 bridgehead atoms. The molecule has 4 heteroatoms. The molecular weight excluding hydrogens is 380 g/mol. The van der Waals surface area contributed by atoms with Gasteiger partial charge in [0.1, 0.15) is 0 Å². The van der Waals surface area contributed by atoms with E-state index in [1.54, 1.807) is 3.28 Å². The number of H-pyrrole nitrogens is 1. The van der Waals surface area contributed by atoms with Gasteiger partial charge in [-0.15, -0.1) is 0 Å². The first-order valence-electron chi connectivity index (χ1n) is 6.87. The van der Waals surface area contributed by atoms with Gasteiger partial charge in [0.05, 0.1) is 0 Å². The molecule has 2 aromatic rings. The van der Waals surface area contributed by atoms with Crippen LogP contribution < -0.4 is 28.2 Å². The summed E-state index contributed by atoms with van der Waals surface area (Å²) < 4.78 is 3.66. The van der Waals surface area contributed by atoms with Crippen LogP contribution in [-0.4, -0.2) is 4.98 Å². The first-order valence-corrected chi connectivity index (χ1v) is 10.6. The van der Waals surface area contributed by atoms with Crippen molar-refractivity contribution in [1.82, 2.24) is 4.98 Å². The standard InChI is InChI=1S/C8H6N.C5H5.C4H9.2ClH.Zr/c1-2-4-8-7(3-1)5-6-9-8;1-2-4-5-3-1;1-4(2)3;;;/h1-5,9H;1-3H,4H2;1-3H3;2*1H;/q;;;;;+2/p-2. The van der Waals surface area contributed by atoms with Gasteiger partial charge >= 0.3 is 123 Å². The van der Waals surface area contributed by atoms with Crippen LogP contribution in [0.2, 0.25) is 3.12 Å². The average Bonchev–Trinajstić information content (AvgIpc) is 2.95. The molecule has 1 aliphatic carbocycles. The largest absolute Gasteiger partial charge is 1.00 e. The van der Waals surface area contributed by atoms with Crippen molar-refractivity contribution >= 4 is 14.3 Å². The summed E-state index contributed by atoms with van der Waals surface area (Å²) in [5, 5.41) is 1.35. The monoisotopic (exact) mass is 398 g/mol. The number of aromatic amines is 1. The van der Waals surface area contributed by atoms with Crippen molar-refractivity contribution in [3.8, 4) is 0 Å². The quantitative estimate of drug-likeness (QED) is 0.631. The van der Waals surface area contributed by atoms with Gasteiger partial charge in [0.15, 0.2) is 0 Å². The molecule has 1 aliphatic rings. The van der Waals surface area contributed by atoms with Gasteiger partial charge in [-0.05, 0) is 0 Å². The first-order chi connectivity index (χ1) is 9.05. The van der Waals surface area contributed by atoms with Crippen LogP contribution >= 0.6 is 0 Å². The maximum absolute atomic E-state index is 3.70. The third-order valence-corrected chi connectivity index (χ3v) is 11.8. The Balaban J connectivity index is 0.00000110. The van der Waals surface area contributed by atoms with Gasteiger partial charge in [-0.2, -0.15) is 0 Å². The van der Waals surface area contributed by atoms with Crippen LogP contribution in [0.4, 0.5) is 0 Å². The normalized spacial score (nSPS) is 13.6. The number of fused-ring (bicyclic) bond motifs is 1. The van der Waals surface area contributed by atoms with Crippen molar-refractivity contribution in [2.24, 2.45) is 0 Å². The van der Waals surface area contributed by atoms with Gasteiger partial charge in [-0.3, -0.25) is 0 Å². The summed E-state index contributed by atoms with van der Waals surface area (Å²) >= 11 is -1.84. The fourth-order valence-corrected chi connectivity index (χ4v) is 10.9. The number of para-hydroxylation sites is 1. The number of allylic oxidation sites excluding steroid dienone is 4. The fraction of sp³-hybridized carbons (Fsp3) is 0.294. The zero-order chi connectivity index (χ0) is 13.5. The maximum atomic E-state index is 3.70. The van der Waals surface area contributed by atoms with E-state index in [1.807, 2.05) is 0 Å². The summed E-state index contributed by atoms with van der Waals surface area (Å²) in [6, 6.07) is 11.0. The second-order valence-corrected chi connectivity index (χ2v) is 14.7. The van der Waals surface area contributed by atoms with Crippen molar-refractivity contribution in [3.05, 3.63) is 51.8 Å². The van der Waals surface area contributed by atoms with Crippen LogP contribution in [0.1, 0.15) is 27.2 Å². The van der Waals surface area contributed by atoms with E-state index in [0.29, 0.717) is 3.12 Å². The molecule has 0 aliphatic heterocycles. The molecule has 0 spiro atoms. The number of benzene rings is 1. The molecular formula is C17H20Cl2NZr. The molecule has 0 unspecified atom stereocenters. The smallest absolute Gasteiger partial charge is 1.00 e. The topological polar surface area (TPSA) is 15.8 Å². The minimum atomic E-state index is -1.84. The Bertz CT molecular complexity index is 632. The second kappa shape index (κ2) is 7.31. The van der Waals surface area contributed by atoms with E-state index < -0.39 is 21.8 Å². The van der Waals surface area contributed by atoms with Crippen LogP contribution in [0.3, 0.4) is 0 Å². The number of hydrogen-bond donors (Lipinski definition) is 1. The third kappa shape index (κ3) is 3.92. The minimum absolute atomic E-state index is 0. The first kappa shape index (κ1) is 18.8. The molecule has 21 heavy (non-hydrogen) atoms. The predicted molar refractivity (Wildman–Crippen MR) is 79.5 cm³/mol. The molecule has 3 rings (SSSR count). The van der Waals surface area contributed by atoms with Crippen LogP contribution in [0, 0.1) is 0 Å². The van der Waals surface area contributed by atoms with Gasteiger partial charge in [-0.25, -0.2) is 0 Å². The Kier molecular flexibility index (Phi) is 6.53. The number of halogens is 2. The van der Waals surface area contributed by atoms with E-state index in [2.05, 4.69) is 74.3 Å². The van der Waals surface area contributed by atoms with Crippen molar-refractivity contribution < 1.29 is 46.6 Å². The number of nitrogens with one attached hydrogen (secondary N) is 1. The summed E-state index contributed by atoms with van der Waals surface area (Å²) in [7, 11) is 0. The van der Waals surface area contributed by atoms with Gasteiger partial charge in [0, 0.05) is 0 Å². The van der Waals surface area contributed by atoms with Crippen molar-refractivity contribution in [1.29, 1.82) is 0 Å². The fourth-order valence-electron chi connectivity index (χ4n) is 2.90. The molecule has 1 aromatic carbocycles. The molecule has 0 saturated heterocycles. The number of rotatable bonds is 2.